The molecule has 2 fully saturated rings. The van der Waals surface area contributed by atoms with Crippen molar-refractivity contribution in [3.05, 3.63) is 16.4 Å². The van der Waals surface area contributed by atoms with Crippen molar-refractivity contribution in [3.63, 3.8) is 0 Å². The van der Waals surface area contributed by atoms with Gasteiger partial charge < -0.3 is 0 Å². The highest BCUT2D eigenvalue weighted by Gasteiger charge is 2.55. The minimum absolute atomic E-state index is 0.329. The highest BCUT2D eigenvalue weighted by atomic mass is 35.5. The second kappa shape index (κ2) is 3.84. The average Bonchev–Trinajstić information content (AvgIpc) is 2.66. The fourth-order valence-corrected chi connectivity index (χ4v) is 3.68. The second-order valence-electron chi connectivity index (χ2n) is 5.40. The van der Waals surface area contributed by atoms with Gasteiger partial charge in [0.2, 0.25) is 0 Å². The van der Waals surface area contributed by atoms with E-state index in [-0.39, 0.29) is 0 Å². The molecule has 3 rings (SSSR count). The van der Waals surface area contributed by atoms with Crippen molar-refractivity contribution in [1.29, 1.82) is 0 Å². The van der Waals surface area contributed by atoms with E-state index < -0.39 is 0 Å². The van der Waals surface area contributed by atoms with Gasteiger partial charge in [-0.05, 0) is 31.6 Å². The Labute approximate surface area is 106 Å². The van der Waals surface area contributed by atoms with Gasteiger partial charge in [0.15, 0.2) is 0 Å². The molecule has 1 aromatic rings. The SMILES string of the molecule is Cc1nn(C)c(CC(=O)C2C3CCCC32)c1Cl. The van der Waals surface area contributed by atoms with Crippen molar-refractivity contribution in [2.24, 2.45) is 24.8 Å². The van der Waals surface area contributed by atoms with Gasteiger partial charge >= 0.3 is 0 Å². The molecule has 0 saturated heterocycles. The molecule has 0 radical (unpaired) electrons. The van der Waals surface area contributed by atoms with Crippen molar-refractivity contribution in [2.75, 3.05) is 0 Å². The van der Waals surface area contributed by atoms with E-state index in [0.717, 1.165) is 11.4 Å². The van der Waals surface area contributed by atoms with E-state index in [1.54, 1.807) is 4.68 Å². The average molecular weight is 253 g/mol. The zero-order chi connectivity index (χ0) is 12.2. The number of carbonyl (C=O) groups excluding carboxylic acids is 1. The summed E-state index contributed by atoms with van der Waals surface area (Å²) in [6.07, 6.45) is 4.26. The van der Waals surface area contributed by atoms with Gasteiger partial charge in [-0.2, -0.15) is 5.10 Å². The first kappa shape index (κ1) is 11.3. The largest absolute Gasteiger partial charge is 0.299 e. The maximum Gasteiger partial charge on any atom is 0.142 e. The number of nitrogens with zero attached hydrogens (tertiary/aromatic N) is 2. The highest BCUT2D eigenvalue weighted by Crippen LogP contribution is 2.58. The van der Waals surface area contributed by atoms with Crippen LogP contribution in [0.5, 0.6) is 0 Å². The monoisotopic (exact) mass is 252 g/mol. The summed E-state index contributed by atoms with van der Waals surface area (Å²) in [4.78, 5) is 12.2. The van der Waals surface area contributed by atoms with E-state index in [9.17, 15) is 4.79 Å². The Bertz CT molecular complexity index is 470. The second-order valence-corrected chi connectivity index (χ2v) is 5.78. The van der Waals surface area contributed by atoms with Crippen molar-refractivity contribution >= 4 is 17.4 Å². The number of aromatic nitrogens is 2. The molecule has 0 amide bonds. The van der Waals surface area contributed by atoms with Crippen LogP contribution < -0.4 is 0 Å². The van der Waals surface area contributed by atoms with Crippen LogP contribution in [0, 0.1) is 24.7 Å². The smallest absolute Gasteiger partial charge is 0.142 e. The zero-order valence-corrected chi connectivity index (χ0v) is 11.0. The molecule has 0 aromatic carbocycles. The van der Waals surface area contributed by atoms with E-state index in [0.29, 0.717) is 35.0 Å². The summed E-state index contributed by atoms with van der Waals surface area (Å²) in [6.45, 7) is 1.88. The van der Waals surface area contributed by atoms with Crippen LogP contribution in [-0.4, -0.2) is 15.6 Å². The van der Waals surface area contributed by atoms with Crippen LogP contribution in [0.2, 0.25) is 5.02 Å². The third kappa shape index (κ3) is 1.71. The van der Waals surface area contributed by atoms with Gasteiger partial charge in [0.05, 0.1) is 22.8 Å². The fraction of sp³-hybridized carbons (Fsp3) is 0.692. The Morgan fingerprint density at radius 1 is 1.47 bits per heavy atom. The lowest BCUT2D eigenvalue weighted by Gasteiger charge is -2.04. The number of hydrogen-bond acceptors (Lipinski definition) is 2. The Morgan fingerprint density at radius 3 is 2.65 bits per heavy atom. The summed E-state index contributed by atoms with van der Waals surface area (Å²) >= 11 is 6.17. The first-order chi connectivity index (χ1) is 8.09. The Kier molecular flexibility index (Phi) is 2.54. The molecule has 1 heterocycles. The molecule has 92 valence electrons. The number of ketones is 1. The molecular weight excluding hydrogens is 236 g/mol. The molecular formula is C13H17ClN2O. The number of aryl methyl sites for hydroxylation is 2. The van der Waals surface area contributed by atoms with Crippen molar-refractivity contribution in [2.45, 2.75) is 32.6 Å². The zero-order valence-electron chi connectivity index (χ0n) is 10.2. The number of halogens is 1. The van der Waals surface area contributed by atoms with Gasteiger partial charge in [0, 0.05) is 13.0 Å². The Morgan fingerprint density at radius 2 is 2.12 bits per heavy atom. The molecule has 2 aliphatic rings. The molecule has 2 unspecified atom stereocenters. The summed E-state index contributed by atoms with van der Waals surface area (Å²) in [5.41, 5.74) is 1.69. The molecule has 1 aromatic heterocycles. The first-order valence-electron chi connectivity index (χ1n) is 6.30. The van der Waals surface area contributed by atoms with Crippen LogP contribution in [0.15, 0.2) is 0 Å². The van der Waals surface area contributed by atoms with E-state index in [4.69, 9.17) is 11.6 Å². The van der Waals surface area contributed by atoms with E-state index in [1.807, 2.05) is 14.0 Å². The van der Waals surface area contributed by atoms with Crippen LogP contribution >= 0.6 is 11.6 Å². The number of rotatable bonds is 3. The maximum atomic E-state index is 12.2. The van der Waals surface area contributed by atoms with Gasteiger partial charge in [-0.1, -0.05) is 18.0 Å². The van der Waals surface area contributed by atoms with Crippen LogP contribution in [-0.2, 0) is 18.3 Å². The summed E-state index contributed by atoms with van der Waals surface area (Å²) in [5.74, 6) is 2.07. The third-order valence-electron chi connectivity index (χ3n) is 4.38. The number of hydrogen-bond donors (Lipinski definition) is 0. The summed E-state index contributed by atoms with van der Waals surface area (Å²) in [5, 5.41) is 4.91. The molecule has 0 spiro atoms. The maximum absolute atomic E-state index is 12.2. The standard InChI is InChI=1S/C13H17ClN2O/c1-7-13(14)10(16(2)15-7)6-11(17)12-8-4-3-5-9(8)12/h8-9,12H,3-6H2,1-2H3. The molecule has 2 atom stereocenters. The van der Waals surface area contributed by atoms with Crippen LogP contribution in [0.1, 0.15) is 30.7 Å². The van der Waals surface area contributed by atoms with Gasteiger partial charge in [0.25, 0.3) is 0 Å². The van der Waals surface area contributed by atoms with Crippen molar-refractivity contribution < 1.29 is 4.79 Å². The Hall–Kier alpha value is -0.830. The summed E-state index contributed by atoms with van der Waals surface area (Å²) in [7, 11) is 1.86. The van der Waals surface area contributed by atoms with E-state index in [1.165, 1.54) is 19.3 Å². The highest BCUT2D eigenvalue weighted by molar-refractivity contribution is 6.32. The topological polar surface area (TPSA) is 34.9 Å². The van der Waals surface area contributed by atoms with Gasteiger partial charge in [-0.3, -0.25) is 9.48 Å². The van der Waals surface area contributed by atoms with Crippen molar-refractivity contribution in [3.8, 4) is 0 Å². The van der Waals surface area contributed by atoms with Crippen LogP contribution in [0.4, 0.5) is 0 Å². The fourth-order valence-electron chi connectivity index (χ4n) is 3.45. The number of carbonyl (C=O) groups is 1. The predicted molar refractivity (Wildman–Crippen MR) is 66.0 cm³/mol. The molecule has 3 nitrogen and oxygen atoms in total. The Balaban J connectivity index is 1.73. The van der Waals surface area contributed by atoms with Crippen LogP contribution in [0.25, 0.3) is 0 Å². The van der Waals surface area contributed by atoms with E-state index in [2.05, 4.69) is 5.10 Å². The lowest BCUT2D eigenvalue weighted by Crippen LogP contribution is -2.12. The van der Waals surface area contributed by atoms with Gasteiger partial charge in [0.1, 0.15) is 5.78 Å². The molecule has 2 aliphatic carbocycles. The van der Waals surface area contributed by atoms with Crippen molar-refractivity contribution in [1.82, 2.24) is 9.78 Å². The molecule has 0 aliphatic heterocycles. The van der Waals surface area contributed by atoms with Crippen LogP contribution in [0.3, 0.4) is 0 Å². The van der Waals surface area contributed by atoms with E-state index >= 15 is 0 Å². The molecule has 2 saturated carbocycles. The van der Waals surface area contributed by atoms with Gasteiger partial charge in [-0.15, -0.1) is 0 Å². The summed E-state index contributed by atoms with van der Waals surface area (Å²) in [6, 6.07) is 0. The first-order valence-corrected chi connectivity index (χ1v) is 6.68. The predicted octanol–water partition coefficient (Wildman–Crippen LogP) is 2.54. The third-order valence-corrected chi connectivity index (χ3v) is 4.87. The molecule has 4 heteroatoms. The van der Waals surface area contributed by atoms with Gasteiger partial charge in [-0.25, -0.2) is 0 Å². The molecule has 17 heavy (non-hydrogen) atoms. The minimum Gasteiger partial charge on any atom is -0.299 e. The molecule has 0 N–H and O–H groups in total. The lowest BCUT2D eigenvalue weighted by atomic mass is 10.0. The molecule has 0 bridgehead atoms. The summed E-state index contributed by atoms with van der Waals surface area (Å²) < 4.78 is 1.74. The quantitative estimate of drug-likeness (QED) is 0.829. The number of Topliss-reactive ketones (excluding diaryl/α,β-unsaturated/α-hetero) is 1. The lowest BCUT2D eigenvalue weighted by molar-refractivity contribution is -0.120. The minimum atomic E-state index is 0.329. The normalized spacial score (nSPS) is 30.4. The number of fused-ring (bicyclic) bond motifs is 1.